The third-order valence-electron chi connectivity index (χ3n) is 3.30. The maximum Gasteiger partial charge on any atom is 0.307 e. The molecule has 0 bridgehead atoms. The normalized spacial score (nSPS) is 21.3. The molecule has 1 rings (SSSR count). The SMILES string of the molecule is CNC1(CC(=O)OC)CCCCCC1. The summed E-state index contributed by atoms with van der Waals surface area (Å²) in [6, 6.07) is 0. The van der Waals surface area contributed by atoms with Crippen molar-refractivity contribution in [3.8, 4) is 0 Å². The summed E-state index contributed by atoms with van der Waals surface area (Å²) in [6.07, 6.45) is 7.74. The summed E-state index contributed by atoms with van der Waals surface area (Å²) in [5.41, 5.74) is 0.00356. The molecule has 1 aliphatic rings. The van der Waals surface area contributed by atoms with E-state index >= 15 is 0 Å². The van der Waals surface area contributed by atoms with Crippen LogP contribution in [0.3, 0.4) is 0 Å². The quantitative estimate of drug-likeness (QED) is 0.557. The maximum atomic E-state index is 11.3. The van der Waals surface area contributed by atoms with Crippen LogP contribution in [-0.4, -0.2) is 25.7 Å². The van der Waals surface area contributed by atoms with Gasteiger partial charge in [0.25, 0.3) is 0 Å². The molecule has 1 fully saturated rings. The molecule has 0 spiro atoms. The monoisotopic (exact) mass is 199 g/mol. The molecular formula is C11H21NO2. The van der Waals surface area contributed by atoms with Gasteiger partial charge in [-0.3, -0.25) is 4.79 Å². The predicted octanol–water partition coefficient (Wildman–Crippen LogP) is 1.86. The van der Waals surface area contributed by atoms with Crippen molar-refractivity contribution in [2.24, 2.45) is 0 Å². The zero-order valence-corrected chi connectivity index (χ0v) is 9.27. The van der Waals surface area contributed by atoms with Gasteiger partial charge in [-0.15, -0.1) is 0 Å². The molecule has 1 saturated carbocycles. The minimum absolute atomic E-state index is 0.00356. The summed E-state index contributed by atoms with van der Waals surface area (Å²) < 4.78 is 4.74. The summed E-state index contributed by atoms with van der Waals surface area (Å²) in [5.74, 6) is -0.0961. The second-order valence-electron chi connectivity index (χ2n) is 4.20. The number of ether oxygens (including phenoxy) is 1. The van der Waals surface area contributed by atoms with Crippen LogP contribution in [0.5, 0.6) is 0 Å². The molecule has 0 amide bonds. The van der Waals surface area contributed by atoms with E-state index in [0.29, 0.717) is 6.42 Å². The van der Waals surface area contributed by atoms with Crippen LogP contribution in [0.25, 0.3) is 0 Å². The average molecular weight is 199 g/mol. The summed E-state index contributed by atoms with van der Waals surface area (Å²) in [7, 11) is 3.41. The third-order valence-corrected chi connectivity index (χ3v) is 3.30. The molecular weight excluding hydrogens is 178 g/mol. The highest BCUT2D eigenvalue weighted by Gasteiger charge is 2.31. The smallest absolute Gasteiger partial charge is 0.307 e. The third kappa shape index (κ3) is 2.98. The average Bonchev–Trinajstić information content (AvgIpc) is 2.44. The number of carbonyl (C=O) groups excluding carboxylic acids is 1. The fraction of sp³-hybridized carbons (Fsp3) is 0.909. The van der Waals surface area contributed by atoms with Gasteiger partial charge in [0.1, 0.15) is 0 Å². The molecule has 14 heavy (non-hydrogen) atoms. The minimum atomic E-state index is -0.0961. The van der Waals surface area contributed by atoms with E-state index in [1.807, 2.05) is 7.05 Å². The Balaban J connectivity index is 2.57. The largest absolute Gasteiger partial charge is 0.469 e. The van der Waals surface area contributed by atoms with Crippen LogP contribution in [-0.2, 0) is 9.53 Å². The molecule has 0 radical (unpaired) electrons. The van der Waals surface area contributed by atoms with Crippen molar-refractivity contribution in [3.63, 3.8) is 0 Å². The van der Waals surface area contributed by atoms with E-state index < -0.39 is 0 Å². The molecule has 0 saturated heterocycles. The van der Waals surface area contributed by atoms with Crippen molar-refractivity contribution >= 4 is 5.97 Å². The molecule has 0 aliphatic heterocycles. The van der Waals surface area contributed by atoms with E-state index in [2.05, 4.69) is 5.32 Å². The van der Waals surface area contributed by atoms with E-state index in [-0.39, 0.29) is 11.5 Å². The molecule has 82 valence electrons. The van der Waals surface area contributed by atoms with Crippen molar-refractivity contribution in [2.75, 3.05) is 14.2 Å². The first-order chi connectivity index (χ1) is 6.72. The zero-order valence-electron chi connectivity index (χ0n) is 9.27. The highest BCUT2D eigenvalue weighted by atomic mass is 16.5. The molecule has 0 aromatic heterocycles. The van der Waals surface area contributed by atoms with Crippen LogP contribution < -0.4 is 5.32 Å². The summed E-state index contributed by atoms with van der Waals surface area (Å²) in [4.78, 5) is 11.3. The summed E-state index contributed by atoms with van der Waals surface area (Å²) in [6.45, 7) is 0. The molecule has 3 heteroatoms. The molecule has 0 aromatic rings. The van der Waals surface area contributed by atoms with Crippen LogP contribution >= 0.6 is 0 Å². The molecule has 0 aromatic carbocycles. The fourth-order valence-electron chi connectivity index (χ4n) is 2.27. The van der Waals surface area contributed by atoms with Gasteiger partial charge in [0.05, 0.1) is 13.5 Å². The molecule has 0 heterocycles. The number of methoxy groups -OCH3 is 1. The molecule has 1 aliphatic carbocycles. The Morgan fingerprint density at radius 1 is 1.29 bits per heavy atom. The van der Waals surface area contributed by atoms with Gasteiger partial charge in [-0.05, 0) is 19.9 Å². The van der Waals surface area contributed by atoms with Crippen LogP contribution in [0, 0.1) is 0 Å². The van der Waals surface area contributed by atoms with E-state index in [1.54, 1.807) is 0 Å². The van der Waals surface area contributed by atoms with Gasteiger partial charge in [-0.1, -0.05) is 25.7 Å². The Labute approximate surface area is 86.2 Å². The van der Waals surface area contributed by atoms with Gasteiger partial charge in [0, 0.05) is 5.54 Å². The lowest BCUT2D eigenvalue weighted by atomic mass is 9.87. The first-order valence-corrected chi connectivity index (χ1v) is 5.48. The topological polar surface area (TPSA) is 38.3 Å². The Morgan fingerprint density at radius 3 is 2.29 bits per heavy atom. The van der Waals surface area contributed by atoms with Crippen molar-refractivity contribution in [2.45, 2.75) is 50.5 Å². The van der Waals surface area contributed by atoms with Crippen molar-refractivity contribution in [1.82, 2.24) is 5.32 Å². The first-order valence-electron chi connectivity index (χ1n) is 5.48. The Bertz CT molecular complexity index is 184. The van der Waals surface area contributed by atoms with E-state index in [0.717, 1.165) is 12.8 Å². The highest BCUT2D eigenvalue weighted by Crippen LogP contribution is 2.29. The van der Waals surface area contributed by atoms with Crippen LogP contribution in [0.15, 0.2) is 0 Å². The van der Waals surface area contributed by atoms with E-state index in [9.17, 15) is 4.79 Å². The molecule has 3 nitrogen and oxygen atoms in total. The van der Waals surface area contributed by atoms with Gasteiger partial charge in [0.15, 0.2) is 0 Å². The minimum Gasteiger partial charge on any atom is -0.469 e. The van der Waals surface area contributed by atoms with Crippen molar-refractivity contribution in [3.05, 3.63) is 0 Å². The maximum absolute atomic E-state index is 11.3. The van der Waals surface area contributed by atoms with Gasteiger partial charge in [0.2, 0.25) is 0 Å². The lowest BCUT2D eigenvalue weighted by molar-refractivity contribution is -0.142. The van der Waals surface area contributed by atoms with Crippen molar-refractivity contribution in [1.29, 1.82) is 0 Å². The van der Waals surface area contributed by atoms with Crippen LogP contribution in [0.4, 0.5) is 0 Å². The van der Waals surface area contributed by atoms with Crippen molar-refractivity contribution < 1.29 is 9.53 Å². The lowest BCUT2D eigenvalue weighted by Gasteiger charge is -2.31. The van der Waals surface area contributed by atoms with Crippen LogP contribution in [0.1, 0.15) is 44.9 Å². The van der Waals surface area contributed by atoms with E-state index in [4.69, 9.17) is 4.74 Å². The number of rotatable bonds is 3. The molecule has 1 N–H and O–H groups in total. The van der Waals surface area contributed by atoms with Crippen LogP contribution in [0.2, 0.25) is 0 Å². The van der Waals surface area contributed by atoms with Gasteiger partial charge >= 0.3 is 5.97 Å². The second-order valence-corrected chi connectivity index (χ2v) is 4.20. The summed E-state index contributed by atoms with van der Waals surface area (Å²) in [5, 5.41) is 3.32. The summed E-state index contributed by atoms with van der Waals surface area (Å²) >= 11 is 0. The number of esters is 1. The lowest BCUT2D eigenvalue weighted by Crippen LogP contribution is -2.44. The van der Waals surface area contributed by atoms with Gasteiger partial charge < -0.3 is 10.1 Å². The number of carbonyl (C=O) groups is 1. The standard InChI is InChI=1S/C11H21NO2/c1-12-11(9-10(13)14-2)7-5-3-4-6-8-11/h12H,3-9H2,1-2H3. The van der Waals surface area contributed by atoms with Gasteiger partial charge in [-0.2, -0.15) is 0 Å². The zero-order chi connectivity index (χ0) is 10.4. The molecule has 0 unspecified atom stereocenters. The van der Waals surface area contributed by atoms with E-state index in [1.165, 1.54) is 32.8 Å². The first kappa shape index (κ1) is 11.5. The number of hydrogen-bond acceptors (Lipinski definition) is 3. The second kappa shape index (κ2) is 5.35. The van der Waals surface area contributed by atoms with Gasteiger partial charge in [-0.25, -0.2) is 0 Å². The predicted molar refractivity (Wildman–Crippen MR) is 56.1 cm³/mol. The fourth-order valence-corrected chi connectivity index (χ4v) is 2.27. The Morgan fingerprint density at radius 2 is 1.86 bits per heavy atom. The Kier molecular flexibility index (Phi) is 4.39. The number of hydrogen-bond donors (Lipinski definition) is 1. The highest BCUT2D eigenvalue weighted by molar-refractivity contribution is 5.70. The molecule has 0 atom stereocenters. The number of nitrogens with one attached hydrogen (secondary N) is 1. The Hall–Kier alpha value is -0.570.